The number of ether oxygens (including phenoxy) is 1. The largest absolute Gasteiger partial charge is 0.466 e. The zero-order valence-electron chi connectivity index (χ0n) is 45.1. The van der Waals surface area contributed by atoms with Gasteiger partial charge in [0.25, 0.3) is 0 Å². The summed E-state index contributed by atoms with van der Waals surface area (Å²) in [5.74, 6) is -0.0693. The Morgan fingerprint density at radius 1 is 0.403 bits per heavy atom. The van der Waals surface area contributed by atoms with Gasteiger partial charge in [-0.05, 0) is 57.8 Å². The molecule has 0 aromatic heterocycles. The van der Waals surface area contributed by atoms with E-state index >= 15 is 0 Å². The van der Waals surface area contributed by atoms with E-state index in [2.05, 4.69) is 31.3 Å². The minimum Gasteiger partial charge on any atom is -0.466 e. The zero-order valence-corrected chi connectivity index (χ0v) is 45.1. The van der Waals surface area contributed by atoms with Gasteiger partial charge in [-0.3, -0.25) is 9.59 Å². The fourth-order valence-corrected chi connectivity index (χ4v) is 9.34. The second-order valence-electron chi connectivity index (χ2n) is 20.7. The normalized spacial score (nSPS) is 12.7. The van der Waals surface area contributed by atoms with Crippen molar-refractivity contribution in [1.29, 1.82) is 0 Å². The number of unbranched alkanes of at least 4 members (excludes halogenated alkanes) is 43. The summed E-state index contributed by atoms with van der Waals surface area (Å²) in [6.07, 6.45) is 69.2. The molecule has 0 saturated heterocycles. The van der Waals surface area contributed by atoms with E-state index < -0.39 is 12.1 Å². The summed E-state index contributed by atoms with van der Waals surface area (Å²) in [5.41, 5.74) is 0. The van der Waals surface area contributed by atoms with Crippen molar-refractivity contribution in [2.75, 3.05) is 13.2 Å². The van der Waals surface area contributed by atoms with Gasteiger partial charge in [-0.1, -0.05) is 282 Å². The van der Waals surface area contributed by atoms with Crippen LogP contribution in [-0.2, 0) is 14.3 Å². The zero-order chi connectivity index (χ0) is 48.6. The maximum atomic E-state index is 12.4. The highest BCUT2D eigenvalue weighted by atomic mass is 16.5. The average Bonchev–Trinajstić information content (AvgIpc) is 3.33. The molecule has 0 aliphatic heterocycles. The van der Waals surface area contributed by atoms with Crippen LogP contribution in [0.2, 0.25) is 0 Å². The number of hydrogen-bond acceptors (Lipinski definition) is 5. The lowest BCUT2D eigenvalue weighted by molar-refractivity contribution is -0.143. The first-order chi connectivity index (χ1) is 33.0. The number of allylic oxidation sites excluding steroid dienone is 3. The number of esters is 1. The molecule has 0 rings (SSSR count). The molecule has 396 valence electrons. The van der Waals surface area contributed by atoms with Gasteiger partial charge in [0, 0.05) is 12.8 Å². The van der Waals surface area contributed by atoms with E-state index in [0.717, 1.165) is 44.9 Å². The number of aliphatic hydroxyl groups excluding tert-OH is 2. The summed E-state index contributed by atoms with van der Waals surface area (Å²) in [6.45, 7) is 4.90. The molecule has 0 fully saturated rings. The molecule has 0 radical (unpaired) electrons. The molecule has 6 heteroatoms. The average molecular weight is 945 g/mol. The summed E-state index contributed by atoms with van der Waals surface area (Å²) in [4.78, 5) is 24.5. The van der Waals surface area contributed by atoms with Crippen LogP contribution >= 0.6 is 0 Å². The van der Waals surface area contributed by atoms with E-state index in [4.69, 9.17) is 4.74 Å². The maximum Gasteiger partial charge on any atom is 0.305 e. The van der Waals surface area contributed by atoms with Crippen LogP contribution in [0.25, 0.3) is 0 Å². The van der Waals surface area contributed by atoms with E-state index in [9.17, 15) is 19.8 Å². The Labute approximate surface area is 418 Å². The molecule has 3 N–H and O–H groups in total. The van der Waals surface area contributed by atoms with Crippen LogP contribution in [0.4, 0.5) is 0 Å². The van der Waals surface area contributed by atoms with E-state index in [1.54, 1.807) is 6.08 Å². The van der Waals surface area contributed by atoms with Gasteiger partial charge < -0.3 is 20.3 Å². The second kappa shape index (κ2) is 56.9. The Kier molecular flexibility index (Phi) is 55.5. The molecular weight excluding hydrogens is 827 g/mol. The minimum atomic E-state index is -0.849. The highest BCUT2D eigenvalue weighted by Crippen LogP contribution is 2.17. The van der Waals surface area contributed by atoms with Crippen molar-refractivity contribution in [2.24, 2.45) is 0 Å². The number of aliphatic hydroxyl groups is 2. The highest BCUT2D eigenvalue weighted by Gasteiger charge is 2.18. The van der Waals surface area contributed by atoms with Crippen LogP contribution in [0.5, 0.6) is 0 Å². The number of amides is 1. The third-order valence-electron chi connectivity index (χ3n) is 14.0. The van der Waals surface area contributed by atoms with Crippen molar-refractivity contribution in [3.8, 4) is 0 Å². The number of rotatable bonds is 56. The van der Waals surface area contributed by atoms with Crippen molar-refractivity contribution in [1.82, 2.24) is 5.32 Å². The third kappa shape index (κ3) is 53.5. The summed E-state index contributed by atoms with van der Waals surface area (Å²) in [5, 5.41) is 23.1. The summed E-state index contributed by atoms with van der Waals surface area (Å²) in [7, 11) is 0. The molecule has 6 nitrogen and oxygen atoms in total. The first-order valence-corrected chi connectivity index (χ1v) is 30.1. The van der Waals surface area contributed by atoms with Gasteiger partial charge in [0.15, 0.2) is 0 Å². The van der Waals surface area contributed by atoms with E-state index in [-0.39, 0.29) is 18.5 Å². The van der Waals surface area contributed by atoms with Gasteiger partial charge in [-0.25, -0.2) is 0 Å². The van der Waals surface area contributed by atoms with Gasteiger partial charge >= 0.3 is 5.97 Å². The van der Waals surface area contributed by atoms with Crippen LogP contribution in [0.3, 0.4) is 0 Å². The first kappa shape index (κ1) is 65.3. The van der Waals surface area contributed by atoms with Gasteiger partial charge in [-0.15, -0.1) is 0 Å². The van der Waals surface area contributed by atoms with Gasteiger partial charge in [0.05, 0.1) is 25.4 Å². The summed E-state index contributed by atoms with van der Waals surface area (Å²) < 4.78 is 5.49. The topological polar surface area (TPSA) is 95.9 Å². The molecule has 0 aromatic rings. The predicted molar refractivity (Wildman–Crippen MR) is 292 cm³/mol. The Morgan fingerprint density at radius 2 is 0.701 bits per heavy atom. The highest BCUT2D eigenvalue weighted by molar-refractivity contribution is 5.76. The smallest absolute Gasteiger partial charge is 0.305 e. The van der Waals surface area contributed by atoms with Crippen molar-refractivity contribution < 1.29 is 24.5 Å². The fourth-order valence-electron chi connectivity index (χ4n) is 9.34. The van der Waals surface area contributed by atoms with Crippen molar-refractivity contribution in [3.05, 3.63) is 24.3 Å². The Hall–Kier alpha value is -1.66. The lowest BCUT2D eigenvalue weighted by Gasteiger charge is -2.20. The summed E-state index contributed by atoms with van der Waals surface area (Å²) >= 11 is 0. The van der Waals surface area contributed by atoms with Crippen molar-refractivity contribution in [3.63, 3.8) is 0 Å². The molecular formula is C61H117NO5. The molecule has 67 heavy (non-hydrogen) atoms. The van der Waals surface area contributed by atoms with Gasteiger partial charge in [-0.2, -0.15) is 0 Å². The minimum absolute atomic E-state index is 0.00771. The SMILES string of the molecule is CCCCCCCCCCCCC/C=C/C(O)C(CO)NC(=O)CCCCCCCCC/C=C\CCCCCCCCCCOC(=O)CCCCCCCCCCCCCCCCCCCC. The van der Waals surface area contributed by atoms with Gasteiger partial charge in [0.1, 0.15) is 0 Å². The number of hydrogen-bond donors (Lipinski definition) is 3. The van der Waals surface area contributed by atoms with Crippen LogP contribution in [0.1, 0.15) is 328 Å². The monoisotopic (exact) mass is 944 g/mol. The molecule has 0 aliphatic carbocycles. The van der Waals surface area contributed by atoms with Crippen LogP contribution < -0.4 is 5.32 Å². The van der Waals surface area contributed by atoms with E-state index in [1.807, 2.05) is 6.08 Å². The van der Waals surface area contributed by atoms with Gasteiger partial charge in [0.2, 0.25) is 5.91 Å². The van der Waals surface area contributed by atoms with Crippen molar-refractivity contribution in [2.45, 2.75) is 341 Å². The van der Waals surface area contributed by atoms with Crippen LogP contribution in [-0.4, -0.2) is 47.4 Å². The molecule has 1 amide bonds. The van der Waals surface area contributed by atoms with E-state index in [0.29, 0.717) is 19.4 Å². The third-order valence-corrected chi connectivity index (χ3v) is 14.0. The first-order valence-electron chi connectivity index (χ1n) is 30.1. The molecule has 0 aromatic carbocycles. The standard InChI is InChI=1S/C61H117NO5/c1-3-5-7-9-11-13-15-17-18-19-24-27-31-35-39-43-47-51-55-61(66)67-56-52-48-44-40-36-32-28-25-22-20-21-23-26-30-34-38-42-46-50-54-60(65)62-58(57-63)59(64)53-49-45-41-37-33-29-16-14-12-10-8-6-4-2/h20-21,49,53,58-59,63-64H,3-19,22-48,50-52,54-57H2,1-2H3,(H,62,65)/b21-20-,53-49+. The predicted octanol–water partition coefficient (Wildman–Crippen LogP) is 18.6. The Balaban J connectivity index is 3.42. The quantitative estimate of drug-likeness (QED) is 0.0321. The molecule has 0 aliphatic rings. The number of carbonyl (C=O) groups is 2. The molecule has 2 atom stereocenters. The maximum absolute atomic E-state index is 12.4. The van der Waals surface area contributed by atoms with Crippen molar-refractivity contribution >= 4 is 11.9 Å². The lowest BCUT2D eigenvalue weighted by Crippen LogP contribution is -2.45. The molecule has 0 heterocycles. The second-order valence-corrected chi connectivity index (χ2v) is 20.7. The van der Waals surface area contributed by atoms with Crippen LogP contribution in [0.15, 0.2) is 24.3 Å². The summed E-state index contributed by atoms with van der Waals surface area (Å²) in [6, 6.07) is -0.634. The number of nitrogens with one attached hydrogen (secondary N) is 1. The molecule has 0 spiro atoms. The number of carbonyl (C=O) groups excluding carboxylic acids is 2. The van der Waals surface area contributed by atoms with Crippen LogP contribution in [0, 0.1) is 0 Å². The lowest BCUT2D eigenvalue weighted by atomic mass is 10.0. The molecule has 2 unspecified atom stereocenters. The molecule has 0 saturated carbocycles. The Morgan fingerprint density at radius 3 is 1.06 bits per heavy atom. The van der Waals surface area contributed by atoms with E-state index in [1.165, 1.54) is 257 Å². The molecule has 0 bridgehead atoms. The Bertz CT molecular complexity index is 1040. The fraction of sp³-hybridized carbons (Fsp3) is 0.902.